The van der Waals surface area contributed by atoms with E-state index in [4.69, 9.17) is 9.47 Å². The van der Waals surface area contributed by atoms with Crippen molar-refractivity contribution in [2.75, 3.05) is 13.2 Å². The summed E-state index contributed by atoms with van der Waals surface area (Å²) in [6, 6.07) is 4.68. The van der Waals surface area contributed by atoms with Gasteiger partial charge in [0.2, 0.25) is 0 Å². The standard InChI is InChI=1S/C13H15FO4/c1-7-4-8(2-3-9(7)14)10-11-12(16)13(5-15,18-10)6-17-11/h2-4,10-12,15-16H,5-6H2,1H3. The molecule has 5 heteroatoms. The van der Waals surface area contributed by atoms with Crippen LogP contribution in [0.3, 0.4) is 0 Å². The molecule has 2 heterocycles. The van der Waals surface area contributed by atoms with Crippen molar-refractivity contribution in [3.63, 3.8) is 0 Å². The maximum atomic E-state index is 13.2. The van der Waals surface area contributed by atoms with Gasteiger partial charge in [0.25, 0.3) is 0 Å². The topological polar surface area (TPSA) is 58.9 Å². The summed E-state index contributed by atoms with van der Waals surface area (Å²) in [4.78, 5) is 0. The van der Waals surface area contributed by atoms with Crippen LogP contribution in [0.1, 0.15) is 17.2 Å². The van der Waals surface area contributed by atoms with E-state index in [1.165, 1.54) is 6.07 Å². The summed E-state index contributed by atoms with van der Waals surface area (Å²) < 4.78 is 24.4. The Labute approximate surface area is 104 Å². The lowest BCUT2D eigenvalue weighted by atomic mass is 9.97. The summed E-state index contributed by atoms with van der Waals surface area (Å²) in [5.41, 5.74) is 0.247. The SMILES string of the molecule is Cc1cc(C2OC3(CO)COC2C3O)ccc1F. The number of aryl methyl sites for hydroxylation is 1. The van der Waals surface area contributed by atoms with Crippen LogP contribution in [-0.4, -0.2) is 41.2 Å². The van der Waals surface area contributed by atoms with E-state index in [1.807, 2.05) is 0 Å². The van der Waals surface area contributed by atoms with Crippen molar-refractivity contribution in [1.82, 2.24) is 0 Å². The second-order valence-electron chi connectivity index (χ2n) is 4.99. The van der Waals surface area contributed by atoms with Crippen molar-refractivity contribution in [3.8, 4) is 0 Å². The Morgan fingerprint density at radius 1 is 1.50 bits per heavy atom. The molecule has 0 aromatic heterocycles. The number of ether oxygens (including phenoxy) is 2. The summed E-state index contributed by atoms with van der Waals surface area (Å²) in [6.45, 7) is 1.57. The van der Waals surface area contributed by atoms with Gasteiger partial charge < -0.3 is 19.7 Å². The molecule has 4 nitrogen and oxygen atoms in total. The van der Waals surface area contributed by atoms with Crippen molar-refractivity contribution in [3.05, 3.63) is 35.1 Å². The first-order chi connectivity index (χ1) is 8.57. The minimum absolute atomic E-state index is 0.187. The average molecular weight is 254 g/mol. The Bertz CT molecular complexity index is 478. The molecule has 1 aromatic rings. The van der Waals surface area contributed by atoms with Gasteiger partial charge in [0.1, 0.15) is 29.7 Å². The number of rotatable bonds is 2. The summed E-state index contributed by atoms with van der Waals surface area (Å²) in [5, 5.41) is 19.4. The van der Waals surface area contributed by atoms with Crippen LogP contribution in [-0.2, 0) is 9.47 Å². The lowest BCUT2D eigenvalue weighted by Gasteiger charge is -2.29. The number of hydrogen-bond donors (Lipinski definition) is 2. The van der Waals surface area contributed by atoms with Crippen LogP contribution in [0.25, 0.3) is 0 Å². The highest BCUT2D eigenvalue weighted by Crippen LogP contribution is 2.47. The van der Waals surface area contributed by atoms with Gasteiger partial charge in [-0.2, -0.15) is 0 Å². The van der Waals surface area contributed by atoms with Crippen molar-refractivity contribution in [2.45, 2.75) is 30.8 Å². The van der Waals surface area contributed by atoms with E-state index < -0.39 is 23.9 Å². The number of fused-ring (bicyclic) bond motifs is 2. The number of hydrogen-bond acceptors (Lipinski definition) is 4. The molecule has 0 aliphatic carbocycles. The summed E-state index contributed by atoms with van der Waals surface area (Å²) in [5.74, 6) is -0.278. The van der Waals surface area contributed by atoms with Crippen molar-refractivity contribution < 1.29 is 24.1 Å². The fourth-order valence-electron chi connectivity index (χ4n) is 2.67. The first-order valence-electron chi connectivity index (χ1n) is 5.92. The van der Waals surface area contributed by atoms with Crippen LogP contribution in [0.4, 0.5) is 4.39 Å². The molecule has 2 aliphatic heterocycles. The van der Waals surface area contributed by atoms with E-state index in [1.54, 1.807) is 19.1 Å². The van der Waals surface area contributed by atoms with Crippen LogP contribution >= 0.6 is 0 Å². The first kappa shape index (κ1) is 12.0. The van der Waals surface area contributed by atoms with Gasteiger partial charge in [-0.05, 0) is 24.1 Å². The number of aliphatic hydroxyl groups excluding tert-OH is 2. The Kier molecular flexibility index (Phi) is 2.67. The van der Waals surface area contributed by atoms with E-state index in [2.05, 4.69) is 0 Å². The van der Waals surface area contributed by atoms with E-state index in [0.717, 1.165) is 5.56 Å². The fraction of sp³-hybridized carbons (Fsp3) is 0.538. The third-order valence-electron chi connectivity index (χ3n) is 3.81. The molecule has 2 N–H and O–H groups in total. The van der Waals surface area contributed by atoms with E-state index in [-0.39, 0.29) is 19.0 Å². The molecule has 0 spiro atoms. The van der Waals surface area contributed by atoms with Gasteiger partial charge in [0.15, 0.2) is 0 Å². The molecule has 2 saturated heterocycles. The zero-order chi connectivity index (χ0) is 12.9. The van der Waals surface area contributed by atoms with Crippen molar-refractivity contribution in [1.29, 1.82) is 0 Å². The average Bonchev–Trinajstić information content (AvgIpc) is 2.84. The molecule has 2 aliphatic rings. The molecule has 4 atom stereocenters. The second kappa shape index (κ2) is 3.99. The first-order valence-corrected chi connectivity index (χ1v) is 5.92. The maximum absolute atomic E-state index is 13.2. The zero-order valence-corrected chi connectivity index (χ0v) is 9.97. The highest BCUT2D eigenvalue weighted by molar-refractivity contribution is 5.29. The van der Waals surface area contributed by atoms with Crippen LogP contribution in [0.2, 0.25) is 0 Å². The van der Waals surface area contributed by atoms with Gasteiger partial charge in [-0.3, -0.25) is 0 Å². The lowest BCUT2D eigenvalue weighted by Crippen LogP contribution is -2.43. The van der Waals surface area contributed by atoms with Crippen LogP contribution in [0.5, 0.6) is 0 Å². The molecular formula is C13H15FO4. The third-order valence-corrected chi connectivity index (χ3v) is 3.81. The molecule has 0 saturated carbocycles. The normalized spacial score (nSPS) is 38.3. The number of aliphatic hydroxyl groups is 2. The van der Waals surface area contributed by atoms with Gasteiger partial charge >= 0.3 is 0 Å². The van der Waals surface area contributed by atoms with Gasteiger partial charge in [-0.1, -0.05) is 12.1 Å². The highest BCUT2D eigenvalue weighted by Gasteiger charge is 2.61. The minimum atomic E-state index is -1.03. The van der Waals surface area contributed by atoms with Gasteiger partial charge in [0.05, 0.1) is 13.2 Å². The molecule has 98 valence electrons. The quantitative estimate of drug-likeness (QED) is 0.815. The van der Waals surface area contributed by atoms with Gasteiger partial charge in [0, 0.05) is 0 Å². The molecule has 2 bridgehead atoms. The Balaban J connectivity index is 1.93. The molecule has 0 amide bonds. The Morgan fingerprint density at radius 3 is 2.89 bits per heavy atom. The van der Waals surface area contributed by atoms with Crippen molar-refractivity contribution >= 4 is 0 Å². The summed E-state index contributed by atoms with van der Waals surface area (Å²) >= 11 is 0. The van der Waals surface area contributed by atoms with Crippen LogP contribution < -0.4 is 0 Å². The van der Waals surface area contributed by atoms with Gasteiger partial charge in [-0.25, -0.2) is 4.39 Å². The molecule has 18 heavy (non-hydrogen) atoms. The highest BCUT2D eigenvalue weighted by atomic mass is 19.1. The predicted octanol–water partition coefficient (Wildman–Crippen LogP) is 0.696. The minimum Gasteiger partial charge on any atom is -0.393 e. The number of benzene rings is 1. The molecule has 1 aromatic carbocycles. The third kappa shape index (κ3) is 1.52. The molecule has 0 radical (unpaired) electrons. The summed E-state index contributed by atoms with van der Waals surface area (Å²) in [7, 11) is 0. The van der Waals surface area contributed by atoms with Gasteiger partial charge in [-0.15, -0.1) is 0 Å². The zero-order valence-electron chi connectivity index (χ0n) is 9.97. The largest absolute Gasteiger partial charge is 0.393 e. The maximum Gasteiger partial charge on any atom is 0.144 e. The van der Waals surface area contributed by atoms with Crippen molar-refractivity contribution in [2.24, 2.45) is 0 Å². The molecular weight excluding hydrogens is 239 g/mol. The van der Waals surface area contributed by atoms with E-state index in [0.29, 0.717) is 5.56 Å². The predicted molar refractivity (Wildman–Crippen MR) is 60.5 cm³/mol. The van der Waals surface area contributed by atoms with E-state index in [9.17, 15) is 14.6 Å². The van der Waals surface area contributed by atoms with Crippen LogP contribution in [0.15, 0.2) is 18.2 Å². The number of halogens is 1. The second-order valence-corrected chi connectivity index (χ2v) is 4.99. The fourth-order valence-corrected chi connectivity index (χ4v) is 2.67. The molecule has 4 unspecified atom stereocenters. The van der Waals surface area contributed by atoms with Crippen LogP contribution in [0, 0.1) is 12.7 Å². The molecule has 3 rings (SSSR count). The van der Waals surface area contributed by atoms with E-state index >= 15 is 0 Å². The Morgan fingerprint density at radius 2 is 2.28 bits per heavy atom. The molecule has 2 fully saturated rings. The monoisotopic (exact) mass is 254 g/mol. The summed E-state index contributed by atoms with van der Waals surface area (Å²) in [6.07, 6.45) is -1.81. The Hall–Kier alpha value is -1.01. The smallest absolute Gasteiger partial charge is 0.144 e. The lowest BCUT2D eigenvalue weighted by molar-refractivity contribution is -0.163.